The summed E-state index contributed by atoms with van der Waals surface area (Å²) in [6, 6.07) is 16.4. The van der Waals surface area contributed by atoms with Gasteiger partial charge in [-0.1, -0.05) is 18.2 Å². The Balaban J connectivity index is 1.68. The van der Waals surface area contributed by atoms with E-state index in [4.69, 9.17) is 19.3 Å². The number of fused-ring (bicyclic) bond motifs is 1. The number of hydrogen-bond acceptors (Lipinski definition) is 5. The highest BCUT2D eigenvalue weighted by molar-refractivity contribution is 5.67. The molecule has 0 radical (unpaired) electrons. The molecule has 0 fully saturated rings. The van der Waals surface area contributed by atoms with Crippen LogP contribution >= 0.6 is 0 Å². The fourth-order valence-electron chi connectivity index (χ4n) is 3.28. The highest BCUT2D eigenvalue weighted by atomic mass is 16.6. The molecule has 1 N–H and O–H groups in total. The molecule has 0 saturated carbocycles. The molecule has 6 nitrogen and oxygen atoms in total. The van der Waals surface area contributed by atoms with Crippen molar-refractivity contribution in [2.45, 2.75) is 19.5 Å². The van der Waals surface area contributed by atoms with Gasteiger partial charge in [0.1, 0.15) is 13.2 Å². The lowest BCUT2D eigenvalue weighted by atomic mass is 10.1. The monoisotopic (exact) mass is 379 g/mol. The maximum absolute atomic E-state index is 5.76. The lowest BCUT2D eigenvalue weighted by molar-refractivity contribution is 0.171. The van der Waals surface area contributed by atoms with Crippen LogP contribution in [0.15, 0.2) is 54.7 Å². The summed E-state index contributed by atoms with van der Waals surface area (Å²) in [5.74, 6) is 1.55. The summed E-state index contributed by atoms with van der Waals surface area (Å²) in [4.78, 5) is 0. The quantitative estimate of drug-likeness (QED) is 0.682. The number of nitrogens with zero attached hydrogens (tertiary/aromatic N) is 2. The number of aromatic nitrogens is 2. The molecule has 0 bridgehead atoms. The molecule has 28 heavy (non-hydrogen) atoms. The van der Waals surface area contributed by atoms with Crippen LogP contribution < -0.4 is 14.8 Å². The molecule has 0 aliphatic carbocycles. The molecule has 2 heterocycles. The highest BCUT2D eigenvalue weighted by Crippen LogP contribution is 2.35. The summed E-state index contributed by atoms with van der Waals surface area (Å²) in [7, 11) is 1.71. The third-order valence-electron chi connectivity index (χ3n) is 4.68. The maximum Gasteiger partial charge on any atom is 0.162 e. The van der Waals surface area contributed by atoms with Gasteiger partial charge in [0.15, 0.2) is 11.5 Å². The van der Waals surface area contributed by atoms with E-state index < -0.39 is 0 Å². The zero-order chi connectivity index (χ0) is 19.3. The summed E-state index contributed by atoms with van der Waals surface area (Å²) >= 11 is 0. The Kier molecular flexibility index (Phi) is 5.60. The number of rotatable bonds is 7. The van der Waals surface area contributed by atoms with Gasteiger partial charge in [0.05, 0.1) is 18.0 Å². The predicted octanol–water partition coefficient (Wildman–Crippen LogP) is 3.44. The highest BCUT2D eigenvalue weighted by Gasteiger charge is 2.17. The Morgan fingerprint density at radius 1 is 1.11 bits per heavy atom. The average Bonchev–Trinajstić information content (AvgIpc) is 3.17. The van der Waals surface area contributed by atoms with Gasteiger partial charge < -0.3 is 19.5 Å². The molecule has 1 aliphatic heterocycles. The molecule has 0 spiro atoms. The Morgan fingerprint density at radius 2 is 1.89 bits per heavy atom. The van der Waals surface area contributed by atoms with E-state index in [1.165, 1.54) is 0 Å². The largest absolute Gasteiger partial charge is 0.486 e. The maximum atomic E-state index is 5.76. The molecule has 1 aliphatic rings. The van der Waals surface area contributed by atoms with Gasteiger partial charge in [-0.3, -0.25) is 0 Å². The summed E-state index contributed by atoms with van der Waals surface area (Å²) in [6.45, 7) is 4.61. The van der Waals surface area contributed by atoms with Gasteiger partial charge in [-0.05, 0) is 37.3 Å². The van der Waals surface area contributed by atoms with E-state index in [0.29, 0.717) is 26.4 Å². The van der Waals surface area contributed by atoms with E-state index in [9.17, 15) is 0 Å². The minimum Gasteiger partial charge on any atom is -0.486 e. The summed E-state index contributed by atoms with van der Waals surface area (Å²) in [5.41, 5.74) is 4.08. The number of benzene rings is 2. The minimum absolute atomic E-state index is 0.248. The molecule has 6 heteroatoms. The lowest BCUT2D eigenvalue weighted by Crippen LogP contribution is -2.29. The van der Waals surface area contributed by atoms with Gasteiger partial charge in [-0.25, -0.2) is 4.68 Å². The predicted molar refractivity (Wildman–Crippen MR) is 108 cm³/mol. The van der Waals surface area contributed by atoms with E-state index in [1.807, 2.05) is 53.2 Å². The van der Waals surface area contributed by atoms with E-state index in [1.54, 1.807) is 7.11 Å². The van der Waals surface area contributed by atoms with Crippen molar-refractivity contribution in [1.82, 2.24) is 15.1 Å². The van der Waals surface area contributed by atoms with Gasteiger partial charge in [0.25, 0.3) is 0 Å². The third kappa shape index (κ3) is 4.03. The van der Waals surface area contributed by atoms with Gasteiger partial charge in [0, 0.05) is 37.0 Å². The number of hydrogen-bond donors (Lipinski definition) is 1. The fourth-order valence-corrected chi connectivity index (χ4v) is 3.28. The first-order valence-corrected chi connectivity index (χ1v) is 9.51. The summed E-state index contributed by atoms with van der Waals surface area (Å²) < 4.78 is 18.6. The minimum atomic E-state index is 0.248. The smallest absolute Gasteiger partial charge is 0.162 e. The van der Waals surface area contributed by atoms with Crippen LogP contribution in [0.2, 0.25) is 0 Å². The third-order valence-corrected chi connectivity index (χ3v) is 4.68. The molecule has 3 aromatic rings. The topological polar surface area (TPSA) is 57.5 Å². The van der Waals surface area contributed by atoms with Crippen molar-refractivity contribution in [2.24, 2.45) is 0 Å². The lowest BCUT2D eigenvalue weighted by Gasteiger charge is -2.19. The van der Waals surface area contributed by atoms with E-state index in [-0.39, 0.29) is 6.04 Å². The Morgan fingerprint density at radius 3 is 2.68 bits per heavy atom. The van der Waals surface area contributed by atoms with Crippen LogP contribution in [-0.4, -0.2) is 42.8 Å². The SMILES string of the molecule is COCC(C)NCc1cn(-c2ccccc2)nc1-c1ccc2c(c1)OCCO2. The van der Waals surface area contributed by atoms with Gasteiger partial charge >= 0.3 is 0 Å². The van der Waals surface area contributed by atoms with Crippen LogP contribution in [0, 0.1) is 0 Å². The summed E-state index contributed by atoms with van der Waals surface area (Å²) in [5, 5.41) is 8.38. The van der Waals surface area contributed by atoms with Gasteiger partial charge in [-0.2, -0.15) is 5.10 Å². The first kappa shape index (κ1) is 18.5. The molecular formula is C22H25N3O3. The van der Waals surface area contributed by atoms with Crippen molar-refractivity contribution in [3.05, 3.63) is 60.3 Å². The second-order valence-electron chi connectivity index (χ2n) is 6.88. The molecule has 146 valence electrons. The number of methoxy groups -OCH3 is 1. The molecule has 0 amide bonds. The number of para-hydroxylation sites is 1. The van der Waals surface area contributed by atoms with Crippen LogP contribution in [-0.2, 0) is 11.3 Å². The van der Waals surface area contributed by atoms with Crippen molar-refractivity contribution in [3.8, 4) is 28.4 Å². The van der Waals surface area contributed by atoms with E-state index in [0.717, 1.165) is 34.0 Å². The molecular weight excluding hydrogens is 354 g/mol. The van der Waals surface area contributed by atoms with Gasteiger partial charge in [-0.15, -0.1) is 0 Å². The molecule has 4 rings (SSSR count). The molecule has 1 unspecified atom stereocenters. The Labute approximate surface area is 165 Å². The second kappa shape index (κ2) is 8.46. The van der Waals surface area contributed by atoms with Crippen LogP contribution in [0.3, 0.4) is 0 Å². The molecule has 0 saturated heterocycles. The zero-order valence-electron chi connectivity index (χ0n) is 16.2. The van der Waals surface area contributed by atoms with E-state index >= 15 is 0 Å². The van der Waals surface area contributed by atoms with Gasteiger partial charge in [0.2, 0.25) is 0 Å². The van der Waals surface area contributed by atoms with E-state index in [2.05, 4.69) is 18.4 Å². The van der Waals surface area contributed by atoms with Crippen molar-refractivity contribution in [2.75, 3.05) is 26.9 Å². The van der Waals surface area contributed by atoms with Crippen molar-refractivity contribution in [1.29, 1.82) is 0 Å². The normalized spacial score (nSPS) is 14.1. The number of ether oxygens (including phenoxy) is 3. The number of nitrogens with one attached hydrogen (secondary N) is 1. The standard InChI is InChI=1S/C22H25N3O3/c1-16(15-26-2)23-13-18-14-25(19-6-4-3-5-7-19)24-22(18)17-8-9-20-21(12-17)28-11-10-27-20/h3-9,12,14,16,23H,10-11,13,15H2,1-2H3. The first-order valence-electron chi connectivity index (χ1n) is 9.51. The van der Waals surface area contributed by atoms with Crippen molar-refractivity contribution < 1.29 is 14.2 Å². The average molecular weight is 379 g/mol. The first-order chi connectivity index (χ1) is 13.7. The Hall–Kier alpha value is -2.83. The van der Waals surface area contributed by atoms with Crippen LogP contribution in [0.1, 0.15) is 12.5 Å². The van der Waals surface area contributed by atoms with Crippen molar-refractivity contribution in [3.63, 3.8) is 0 Å². The Bertz CT molecular complexity index is 924. The van der Waals surface area contributed by atoms with Crippen LogP contribution in [0.4, 0.5) is 0 Å². The van der Waals surface area contributed by atoms with Crippen molar-refractivity contribution >= 4 is 0 Å². The molecule has 1 aromatic heterocycles. The van der Waals surface area contributed by atoms with Crippen LogP contribution in [0.25, 0.3) is 16.9 Å². The van der Waals surface area contributed by atoms with Crippen LogP contribution in [0.5, 0.6) is 11.5 Å². The zero-order valence-corrected chi connectivity index (χ0v) is 16.2. The fraction of sp³-hybridized carbons (Fsp3) is 0.318. The molecule has 1 atom stereocenters. The summed E-state index contributed by atoms with van der Waals surface area (Å²) in [6.07, 6.45) is 2.08. The second-order valence-corrected chi connectivity index (χ2v) is 6.88. The molecule has 2 aromatic carbocycles.